The van der Waals surface area contributed by atoms with Crippen LogP contribution >= 0.6 is 0 Å². The lowest BCUT2D eigenvalue weighted by atomic mass is 10.0. The average molecular weight is 480 g/mol. The largest absolute Gasteiger partial charge is 0.492 e. The van der Waals surface area contributed by atoms with Crippen molar-refractivity contribution >= 4 is 17.3 Å². The predicted molar refractivity (Wildman–Crippen MR) is 132 cm³/mol. The fourth-order valence-corrected chi connectivity index (χ4v) is 4.90. The van der Waals surface area contributed by atoms with Gasteiger partial charge in [0.25, 0.3) is 5.91 Å². The number of anilines is 2. The van der Waals surface area contributed by atoms with Crippen LogP contribution in [0.1, 0.15) is 35.3 Å². The second kappa shape index (κ2) is 9.95. The number of pyridine rings is 1. The third-order valence-electron chi connectivity index (χ3n) is 6.80. The van der Waals surface area contributed by atoms with E-state index in [9.17, 15) is 9.18 Å². The summed E-state index contributed by atoms with van der Waals surface area (Å²) < 4.78 is 26.0. The Morgan fingerprint density at radius 1 is 1.29 bits per heavy atom. The summed E-state index contributed by atoms with van der Waals surface area (Å²) in [5, 5.41) is 6.17. The van der Waals surface area contributed by atoms with Crippen molar-refractivity contribution < 1.29 is 18.7 Å². The molecule has 1 amide bonds. The van der Waals surface area contributed by atoms with Gasteiger partial charge in [-0.2, -0.15) is 0 Å². The van der Waals surface area contributed by atoms with Gasteiger partial charge in [-0.05, 0) is 44.6 Å². The number of methoxy groups -OCH3 is 1. The van der Waals surface area contributed by atoms with Crippen LogP contribution in [-0.4, -0.2) is 60.7 Å². The molecular formula is C26H30FN5O3. The molecule has 1 atom stereocenters. The zero-order chi connectivity index (χ0) is 24.4. The van der Waals surface area contributed by atoms with Crippen molar-refractivity contribution in [2.75, 3.05) is 39.2 Å². The Morgan fingerprint density at radius 2 is 2.17 bits per heavy atom. The van der Waals surface area contributed by atoms with Crippen LogP contribution < -0.4 is 20.1 Å². The lowest BCUT2D eigenvalue weighted by Gasteiger charge is -2.32. The number of rotatable bonds is 7. The number of aromatic nitrogens is 2. The summed E-state index contributed by atoms with van der Waals surface area (Å²) in [6.45, 7) is 2.16. The number of fused-ring (bicyclic) bond motifs is 1. The second-order valence-corrected chi connectivity index (χ2v) is 8.99. The molecule has 1 unspecified atom stereocenters. The lowest BCUT2D eigenvalue weighted by Crippen LogP contribution is -2.40. The van der Waals surface area contributed by atoms with E-state index in [1.807, 2.05) is 6.07 Å². The number of H-pyrrole nitrogens is 1. The monoisotopic (exact) mass is 479 g/mol. The van der Waals surface area contributed by atoms with E-state index in [-0.39, 0.29) is 11.7 Å². The standard InChI is InChI=1S/C26H30FN5O3/c1-32-13-4-3-6-16(32)15-35-21-14-28-11-9-17(21)23-24(22-19(30-23)10-12-29-26(22)33)31-20-8-5-7-18(27)25(20)34-2/h5,7-9,11,14,16,30-31H,3-4,6,10,12-13,15H2,1-2H3,(H,29,33). The van der Waals surface area contributed by atoms with Gasteiger partial charge in [0.05, 0.1) is 35.9 Å². The highest BCUT2D eigenvalue weighted by Crippen LogP contribution is 2.42. The Morgan fingerprint density at radius 3 is 3.00 bits per heavy atom. The number of amides is 1. The van der Waals surface area contributed by atoms with E-state index in [1.165, 1.54) is 26.0 Å². The third kappa shape index (κ3) is 4.55. The van der Waals surface area contributed by atoms with Gasteiger partial charge in [0.15, 0.2) is 11.6 Å². The summed E-state index contributed by atoms with van der Waals surface area (Å²) in [6.07, 6.45) is 7.55. The maximum absolute atomic E-state index is 14.4. The molecule has 2 aliphatic heterocycles. The molecule has 2 aromatic heterocycles. The summed E-state index contributed by atoms with van der Waals surface area (Å²) >= 11 is 0. The van der Waals surface area contributed by atoms with Gasteiger partial charge >= 0.3 is 0 Å². The topological polar surface area (TPSA) is 91.5 Å². The zero-order valence-corrected chi connectivity index (χ0v) is 20.0. The number of halogens is 1. The van der Waals surface area contributed by atoms with Crippen LogP contribution in [0.5, 0.6) is 11.5 Å². The highest BCUT2D eigenvalue weighted by Gasteiger charge is 2.29. The molecule has 0 bridgehead atoms. The van der Waals surface area contributed by atoms with Gasteiger partial charge < -0.3 is 30.0 Å². The number of hydrogen-bond donors (Lipinski definition) is 3. The van der Waals surface area contributed by atoms with Crippen molar-refractivity contribution in [1.82, 2.24) is 20.2 Å². The molecule has 4 heterocycles. The van der Waals surface area contributed by atoms with E-state index < -0.39 is 5.82 Å². The smallest absolute Gasteiger partial charge is 0.255 e. The molecule has 3 N–H and O–H groups in total. The van der Waals surface area contributed by atoms with Crippen molar-refractivity contribution in [3.63, 3.8) is 0 Å². The minimum Gasteiger partial charge on any atom is -0.492 e. The average Bonchev–Trinajstić information content (AvgIpc) is 3.23. The molecular weight excluding hydrogens is 449 g/mol. The van der Waals surface area contributed by atoms with Crippen LogP contribution in [-0.2, 0) is 6.42 Å². The summed E-state index contributed by atoms with van der Waals surface area (Å²) in [4.78, 5) is 22.9. The van der Waals surface area contributed by atoms with E-state index in [1.54, 1.807) is 24.5 Å². The van der Waals surface area contributed by atoms with Gasteiger partial charge in [0.1, 0.15) is 12.4 Å². The van der Waals surface area contributed by atoms with Gasteiger partial charge in [-0.3, -0.25) is 9.78 Å². The van der Waals surface area contributed by atoms with E-state index in [4.69, 9.17) is 9.47 Å². The molecule has 0 aliphatic carbocycles. The van der Waals surface area contributed by atoms with Gasteiger partial charge in [-0.1, -0.05) is 12.5 Å². The van der Waals surface area contributed by atoms with E-state index >= 15 is 0 Å². The van der Waals surface area contributed by atoms with Gasteiger partial charge in [-0.25, -0.2) is 4.39 Å². The SMILES string of the molecule is COc1c(F)cccc1Nc1c(-c2ccncc2OCC2CCCCN2C)[nH]c2c1C(=O)NCC2. The van der Waals surface area contributed by atoms with Crippen molar-refractivity contribution in [3.05, 3.63) is 53.7 Å². The quantitative estimate of drug-likeness (QED) is 0.472. The number of para-hydroxylation sites is 1. The predicted octanol–water partition coefficient (Wildman–Crippen LogP) is 4.12. The first kappa shape index (κ1) is 23.2. The normalized spacial score (nSPS) is 18.0. The van der Waals surface area contributed by atoms with E-state index in [0.717, 1.165) is 24.2 Å². The number of benzene rings is 1. The molecule has 0 spiro atoms. The molecule has 0 radical (unpaired) electrons. The van der Waals surface area contributed by atoms with Crippen LogP contribution in [0.3, 0.4) is 0 Å². The van der Waals surface area contributed by atoms with Crippen LogP contribution in [0.15, 0.2) is 36.7 Å². The first-order valence-corrected chi connectivity index (χ1v) is 12.0. The fourth-order valence-electron chi connectivity index (χ4n) is 4.90. The summed E-state index contributed by atoms with van der Waals surface area (Å²) in [5.74, 6) is 0.0281. The molecule has 5 rings (SSSR count). The number of likely N-dealkylation sites (N-methyl/N-ethyl adjacent to an activating group) is 1. The Kier molecular flexibility index (Phi) is 6.59. The first-order valence-electron chi connectivity index (χ1n) is 12.0. The maximum Gasteiger partial charge on any atom is 0.255 e. The molecule has 8 nitrogen and oxygen atoms in total. The van der Waals surface area contributed by atoms with E-state index in [2.05, 4.69) is 32.5 Å². The van der Waals surface area contributed by atoms with Crippen molar-refractivity contribution in [2.24, 2.45) is 0 Å². The number of carbonyl (C=O) groups is 1. The minimum absolute atomic E-state index is 0.0798. The number of ether oxygens (including phenoxy) is 2. The molecule has 9 heteroatoms. The number of hydrogen-bond acceptors (Lipinski definition) is 6. The Hall–Kier alpha value is -3.59. The number of aromatic amines is 1. The summed E-state index contributed by atoms with van der Waals surface area (Å²) in [5.41, 5.74) is 3.76. The van der Waals surface area contributed by atoms with Crippen LogP contribution in [0.2, 0.25) is 0 Å². The van der Waals surface area contributed by atoms with Crippen molar-refractivity contribution in [3.8, 4) is 22.8 Å². The second-order valence-electron chi connectivity index (χ2n) is 8.99. The van der Waals surface area contributed by atoms with Gasteiger partial charge in [-0.15, -0.1) is 0 Å². The highest BCUT2D eigenvalue weighted by molar-refractivity contribution is 6.06. The number of nitrogens with one attached hydrogen (secondary N) is 3. The molecule has 35 heavy (non-hydrogen) atoms. The Labute approximate surface area is 203 Å². The number of nitrogens with zero attached hydrogens (tertiary/aromatic N) is 2. The van der Waals surface area contributed by atoms with Gasteiger partial charge in [0, 0.05) is 36.5 Å². The molecule has 1 aromatic carbocycles. The van der Waals surface area contributed by atoms with Crippen LogP contribution in [0.25, 0.3) is 11.3 Å². The lowest BCUT2D eigenvalue weighted by molar-refractivity contribution is 0.0947. The summed E-state index contributed by atoms with van der Waals surface area (Å²) in [6, 6.07) is 6.85. The summed E-state index contributed by atoms with van der Waals surface area (Å²) in [7, 11) is 3.55. The Bertz CT molecular complexity index is 1230. The van der Waals surface area contributed by atoms with Crippen LogP contribution in [0, 0.1) is 5.82 Å². The first-order chi connectivity index (χ1) is 17.1. The molecule has 1 fully saturated rings. The Balaban J connectivity index is 1.55. The minimum atomic E-state index is -0.488. The number of piperidine rings is 1. The van der Waals surface area contributed by atoms with Crippen molar-refractivity contribution in [2.45, 2.75) is 31.7 Å². The highest BCUT2D eigenvalue weighted by atomic mass is 19.1. The third-order valence-corrected chi connectivity index (χ3v) is 6.80. The van der Waals surface area contributed by atoms with Crippen molar-refractivity contribution in [1.29, 1.82) is 0 Å². The zero-order valence-electron chi connectivity index (χ0n) is 20.0. The molecule has 3 aromatic rings. The van der Waals surface area contributed by atoms with E-state index in [0.29, 0.717) is 54.0 Å². The maximum atomic E-state index is 14.4. The molecule has 184 valence electrons. The van der Waals surface area contributed by atoms with Crippen LogP contribution in [0.4, 0.5) is 15.8 Å². The number of likely N-dealkylation sites (tertiary alicyclic amines) is 1. The fraction of sp³-hybridized carbons (Fsp3) is 0.385. The van der Waals surface area contributed by atoms with Gasteiger partial charge in [0.2, 0.25) is 0 Å². The number of carbonyl (C=O) groups excluding carboxylic acids is 1. The molecule has 0 saturated carbocycles. The molecule has 2 aliphatic rings. The molecule has 1 saturated heterocycles.